The second-order valence-electron chi connectivity index (χ2n) is 25.1. The van der Waals surface area contributed by atoms with Gasteiger partial charge in [-0.05, 0) is 178 Å². The van der Waals surface area contributed by atoms with Gasteiger partial charge in [0.1, 0.15) is 46.0 Å². The molecule has 93 heavy (non-hydrogen) atoms. The summed E-state index contributed by atoms with van der Waals surface area (Å²) in [5, 5.41) is 0. The molecule has 0 saturated carbocycles. The minimum Gasteiger partial charge on any atom is -0.493 e. The number of rotatable bonds is 24. The SMILES string of the molecule is CCCOc1c2cccc1Cc1cc3cc(c1OCCC)Cc1cccc(c1OCCC)Cc1cc(cc(c1OCCC)C2)COCc1cc2c(OCCC)c(c1)Cc1cccc(c1OCCC)Cc1cc(cc(c1OCCC)Cc1cccc(c1OCCC)C2)SS3. The Morgan fingerprint density at radius 3 is 0.602 bits per heavy atom. The summed E-state index contributed by atoms with van der Waals surface area (Å²) >= 11 is 0. The lowest BCUT2D eigenvalue weighted by atomic mass is 9.90. The van der Waals surface area contributed by atoms with Crippen LogP contribution in [0.25, 0.3) is 0 Å². The summed E-state index contributed by atoms with van der Waals surface area (Å²) in [6.45, 7) is 22.9. The Bertz CT molecular complexity index is 3370. The fraction of sp³-hybridized carbons (Fsp3) is 0.415. The van der Waals surface area contributed by atoms with Gasteiger partial charge in [-0.3, -0.25) is 0 Å². The van der Waals surface area contributed by atoms with Gasteiger partial charge in [-0.15, -0.1) is 0 Å². The Balaban J connectivity index is 1.21. The first-order valence-electron chi connectivity index (χ1n) is 34.7. The monoisotopic (exact) mass is 1290 g/mol. The van der Waals surface area contributed by atoms with Crippen LogP contribution in [-0.4, -0.2) is 52.9 Å². The fourth-order valence-corrected chi connectivity index (χ4v) is 15.3. The molecule has 0 spiro atoms. The van der Waals surface area contributed by atoms with Gasteiger partial charge in [0.25, 0.3) is 0 Å². The first-order valence-corrected chi connectivity index (χ1v) is 36.9. The van der Waals surface area contributed by atoms with Gasteiger partial charge < -0.3 is 42.6 Å². The number of ether oxygens (including phenoxy) is 9. The van der Waals surface area contributed by atoms with Gasteiger partial charge in [-0.1, -0.05) is 150 Å². The molecule has 0 saturated heterocycles. The molecule has 4 aliphatic rings. The van der Waals surface area contributed by atoms with Crippen molar-refractivity contribution in [1.29, 1.82) is 0 Å². The normalized spacial score (nSPS) is 13.5. The maximum atomic E-state index is 7.11. The van der Waals surface area contributed by atoms with Crippen molar-refractivity contribution in [3.63, 3.8) is 0 Å². The van der Waals surface area contributed by atoms with Crippen LogP contribution in [0.2, 0.25) is 0 Å². The summed E-state index contributed by atoms with van der Waals surface area (Å²) in [5.41, 5.74) is 20.0. The van der Waals surface area contributed by atoms with Crippen molar-refractivity contribution in [2.24, 2.45) is 0 Å². The van der Waals surface area contributed by atoms with E-state index in [0.29, 0.717) is 117 Å². The highest BCUT2D eigenvalue weighted by Gasteiger charge is 2.27. The zero-order chi connectivity index (χ0) is 64.5. The summed E-state index contributed by atoms with van der Waals surface area (Å²) in [5.74, 6) is 7.37. The summed E-state index contributed by atoms with van der Waals surface area (Å²) in [4.78, 5) is 2.27. The highest BCUT2D eigenvalue weighted by Crippen LogP contribution is 2.48. The van der Waals surface area contributed by atoms with E-state index in [1.54, 1.807) is 21.6 Å². The molecule has 2 heterocycles. The number of para-hydroxylation sites is 4. The van der Waals surface area contributed by atoms with Crippen LogP contribution in [0.1, 0.15) is 207 Å². The highest BCUT2D eigenvalue weighted by atomic mass is 33.1. The van der Waals surface area contributed by atoms with E-state index in [2.05, 4.69) is 177 Å². The fourth-order valence-electron chi connectivity index (χ4n) is 13.2. The van der Waals surface area contributed by atoms with Crippen LogP contribution >= 0.6 is 21.6 Å². The van der Waals surface area contributed by atoms with Crippen LogP contribution in [0, 0.1) is 0 Å². The average Bonchev–Trinajstić information content (AvgIpc) is 0.872. The largest absolute Gasteiger partial charge is 0.493 e. The molecule has 9 nitrogen and oxygen atoms in total. The molecule has 12 rings (SSSR count). The van der Waals surface area contributed by atoms with Crippen LogP contribution < -0.4 is 37.9 Å². The molecule has 2 aliphatic carbocycles. The van der Waals surface area contributed by atoms with Crippen LogP contribution in [0.3, 0.4) is 0 Å². The van der Waals surface area contributed by atoms with E-state index in [4.69, 9.17) is 42.6 Å². The molecule has 11 heteroatoms. The standard InChI is InChI=1S/C82H96O9S2/c1-9-29-84-75-57-21-17-25-61(75)45-69-49-73-50-70(81(69)90-35-15-7)46-62-26-18-22-58(76(62)85-30-10-2)42-66-38-55(37-65(41-57)79(66)88-33-13-5)53-83-54-56-39-67-43-59-23-19-27-63(77(59)86-31-11-3)47-71-51-74(93-92-73)52-72(82(71)91-36-16-8)48-64-28-20-24-60(78(64)87-32-12-4)44-68(40-56)80(67)89-34-14-6/h17-28,37-40,49-52H,9-16,29-36,41-48,53-54H2,1-8H3. The number of benzene rings is 8. The molecule has 0 N–H and O–H groups in total. The van der Waals surface area contributed by atoms with Gasteiger partial charge in [-0.2, -0.15) is 0 Å². The van der Waals surface area contributed by atoms with Crippen molar-refractivity contribution in [2.45, 2.75) is 181 Å². The highest BCUT2D eigenvalue weighted by molar-refractivity contribution is 8.76. The van der Waals surface area contributed by atoms with Crippen molar-refractivity contribution in [1.82, 2.24) is 0 Å². The van der Waals surface area contributed by atoms with Crippen molar-refractivity contribution >= 4 is 21.6 Å². The zero-order valence-corrected chi connectivity index (χ0v) is 58.1. The zero-order valence-electron chi connectivity index (χ0n) is 56.4. The third kappa shape index (κ3) is 16.5. The van der Waals surface area contributed by atoms with E-state index in [0.717, 1.165) is 207 Å². The molecule has 490 valence electrons. The molecule has 0 amide bonds. The van der Waals surface area contributed by atoms with E-state index in [1.807, 2.05) is 0 Å². The van der Waals surface area contributed by atoms with Crippen LogP contribution in [0.15, 0.2) is 131 Å². The van der Waals surface area contributed by atoms with E-state index < -0.39 is 0 Å². The molecule has 8 aromatic carbocycles. The van der Waals surface area contributed by atoms with E-state index in [9.17, 15) is 0 Å². The van der Waals surface area contributed by atoms with Crippen LogP contribution in [0.4, 0.5) is 0 Å². The summed E-state index contributed by atoms with van der Waals surface area (Å²) in [7, 11) is 3.60. The summed E-state index contributed by atoms with van der Waals surface area (Å²) in [6, 6.07) is 45.6. The van der Waals surface area contributed by atoms with Crippen molar-refractivity contribution in [3.05, 3.63) is 221 Å². The third-order valence-corrected chi connectivity index (χ3v) is 19.5. The van der Waals surface area contributed by atoms with Gasteiger partial charge >= 0.3 is 0 Å². The van der Waals surface area contributed by atoms with Crippen LogP contribution in [-0.2, 0) is 69.3 Å². The molecule has 8 aromatic rings. The van der Waals surface area contributed by atoms with E-state index >= 15 is 0 Å². The first-order chi connectivity index (χ1) is 45.7. The van der Waals surface area contributed by atoms with E-state index in [1.165, 1.54) is 0 Å². The molecule has 0 fully saturated rings. The smallest absolute Gasteiger partial charge is 0.126 e. The molecule has 0 radical (unpaired) electrons. The van der Waals surface area contributed by atoms with Gasteiger partial charge in [0.15, 0.2) is 0 Å². The average molecular weight is 1290 g/mol. The molecule has 0 aromatic heterocycles. The number of fused-ring (bicyclic) bond motifs is 3. The summed E-state index contributed by atoms with van der Waals surface area (Å²) in [6.07, 6.45) is 11.8. The second-order valence-corrected chi connectivity index (χ2v) is 27.4. The minimum absolute atomic E-state index is 0.374. The van der Waals surface area contributed by atoms with Crippen LogP contribution in [0.5, 0.6) is 46.0 Å². The number of hydrogen-bond donors (Lipinski definition) is 0. The van der Waals surface area contributed by atoms with Gasteiger partial charge in [-0.25, -0.2) is 0 Å². The topological polar surface area (TPSA) is 83.1 Å². The number of hydrogen-bond acceptors (Lipinski definition) is 11. The van der Waals surface area contributed by atoms with Gasteiger partial charge in [0, 0.05) is 83.4 Å². The maximum Gasteiger partial charge on any atom is 0.126 e. The predicted octanol–water partition coefficient (Wildman–Crippen LogP) is 20.2. The molecular formula is C82H96O9S2. The summed E-state index contributed by atoms with van der Waals surface area (Å²) < 4.78 is 63.3. The predicted molar refractivity (Wildman–Crippen MR) is 380 cm³/mol. The Morgan fingerprint density at radius 1 is 0.247 bits per heavy atom. The van der Waals surface area contributed by atoms with Crippen molar-refractivity contribution in [2.75, 3.05) is 52.9 Å². The van der Waals surface area contributed by atoms with Gasteiger partial charge in [0.05, 0.1) is 66.1 Å². The van der Waals surface area contributed by atoms with Gasteiger partial charge in [0.2, 0.25) is 0 Å². The molecular weight excluding hydrogens is 1190 g/mol. The maximum absolute atomic E-state index is 7.11. The Kier molecular flexibility index (Phi) is 24.1. The van der Waals surface area contributed by atoms with E-state index in [-0.39, 0.29) is 0 Å². The molecule has 20 bridgehead atoms. The first kappa shape index (κ1) is 67.2. The molecule has 2 aliphatic heterocycles. The molecule has 0 unspecified atom stereocenters. The lowest BCUT2D eigenvalue weighted by Gasteiger charge is -2.24. The van der Waals surface area contributed by atoms with Crippen molar-refractivity contribution in [3.8, 4) is 46.0 Å². The molecule has 0 atom stereocenters. The minimum atomic E-state index is 0.374. The Morgan fingerprint density at radius 2 is 0.419 bits per heavy atom. The lowest BCUT2D eigenvalue weighted by molar-refractivity contribution is 0.107. The quantitative estimate of drug-likeness (QED) is 0.0543. The third-order valence-electron chi connectivity index (χ3n) is 17.2. The lowest BCUT2D eigenvalue weighted by Crippen LogP contribution is -2.11. The second kappa shape index (κ2) is 33.3. The Hall–Kier alpha value is -7.18. The van der Waals surface area contributed by atoms with Crippen molar-refractivity contribution < 1.29 is 42.6 Å². The Labute approximate surface area is 562 Å².